The van der Waals surface area contributed by atoms with Crippen molar-refractivity contribution < 1.29 is 9.47 Å². The molecule has 7 heteroatoms. The molecule has 0 saturated carbocycles. The predicted octanol–water partition coefficient (Wildman–Crippen LogP) is 3.30. The van der Waals surface area contributed by atoms with Crippen LogP contribution in [0.1, 0.15) is 6.42 Å². The number of nitrogens with zero attached hydrogens (tertiary/aromatic N) is 2. The van der Waals surface area contributed by atoms with Crippen molar-refractivity contribution in [3.05, 3.63) is 52.1 Å². The number of aromatic nitrogens is 2. The number of hydrogen-bond donors (Lipinski definition) is 0. The Morgan fingerprint density at radius 1 is 1.29 bits per heavy atom. The molecule has 0 radical (unpaired) electrons. The van der Waals surface area contributed by atoms with E-state index in [1.807, 2.05) is 41.8 Å². The summed E-state index contributed by atoms with van der Waals surface area (Å²) in [6.45, 7) is 1.06. The van der Waals surface area contributed by atoms with Crippen LogP contribution in [-0.4, -0.2) is 34.8 Å². The fourth-order valence-electron chi connectivity index (χ4n) is 2.60. The van der Waals surface area contributed by atoms with Crippen LogP contribution in [0, 0.1) is 0 Å². The zero-order chi connectivity index (χ0) is 16.4. The maximum absolute atomic E-state index is 12.9. The fourth-order valence-corrected chi connectivity index (χ4v) is 4.48. The normalized spacial score (nSPS) is 18.1. The van der Waals surface area contributed by atoms with Gasteiger partial charge in [0.2, 0.25) is 0 Å². The Hall–Kier alpha value is -1.67. The van der Waals surface area contributed by atoms with Crippen LogP contribution in [0.3, 0.4) is 0 Å². The van der Waals surface area contributed by atoms with Gasteiger partial charge in [-0.2, -0.15) is 0 Å². The molecule has 1 saturated heterocycles. The number of thioether (sulfide) groups is 1. The smallest absolute Gasteiger partial charge is 0.267 e. The van der Waals surface area contributed by atoms with E-state index in [-0.39, 0.29) is 11.7 Å². The van der Waals surface area contributed by atoms with Crippen LogP contribution in [0.5, 0.6) is 0 Å². The first kappa shape index (κ1) is 15.8. The van der Waals surface area contributed by atoms with Crippen molar-refractivity contribution in [2.45, 2.75) is 17.7 Å². The van der Waals surface area contributed by atoms with Crippen LogP contribution < -0.4 is 5.56 Å². The first-order chi connectivity index (χ1) is 11.8. The molecule has 3 aromatic rings. The summed E-state index contributed by atoms with van der Waals surface area (Å²) in [5.74, 6) is 0.750. The van der Waals surface area contributed by atoms with Crippen LogP contribution in [0.2, 0.25) is 0 Å². The van der Waals surface area contributed by atoms with E-state index >= 15 is 0 Å². The second-order valence-corrected chi connectivity index (χ2v) is 7.31. The highest BCUT2D eigenvalue weighted by Gasteiger charge is 2.18. The van der Waals surface area contributed by atoms with Gasteiger partial charge in [0.05, 0.1) is 23.8 Å². The number of hydrogen-bond acceptors (Lipinski definition) is 6. The third-order valence-electron chi connectivity index (χ3n) is 3.85. The number of rotatable bonds is 4. The maximum Gasteiger partial charge on any atom is 0.267 e. The van der Waals surface area contributed by atoms with Crippen LogP contribution >= 0.6 is 23.1 Å². The first-order valence-corrected chi connectivity index (χ1v) is 9.57. The lowest BCUT2D eigenvalue weighted by Gasteiger charge is -2.22. The van der Waals surface area contributed by atoms with Gasteiger partial charge in [-0.15, -0.1) is 11.3 Å². The second-order valence-electron chi connectivity index (χ2n) is 5.42. The molecule has 1 fully saturated rings. The van der Waals surface area contributed by atoms with Gasteiger partial charge in [0.15, 0.2) is 5.16 Å². The lowest BCUT2D eigenvalue weighted by Crippen LogP contribution is -2.26. The van der Waals surface area contributed by atoms with Crippen molar-refractivity contribution in [3.8, 4) is 5.69 Å². The van der Waals surface area contributed by atoms with Crippen molar-refractivity contribution in [3.63, 3.8) is 0 Å². The molecule has 1 aliphatic heterocycles. The van der Waals surface area contributed by atoms with E-state index in [9.17, 15) is 4.79 Å². The average molecular weight is 360 g/mol. The van der Waals surface area contributed by atoms with Crippen molar-refractivity contribution in [2.24, 2.45) is 0 Å². The lowest BCUT2D eigenvalue weighted by molar-refractivity contribution is -0.130. The highest BCUT2D eigenvalue weighted by atomic mass is 32.2. The average Bonchev–Trinajstić information content (AvgIpc) is 3.10. The van der Waals surface area contributed by atoms with Gasteiger partial charge < -0.3 is 9.47 Å². The maximum atomic E-state index is 12.9. The van der Waals surface area contributed by atoms with E-state index in [4.69, 9.17) is 14.5 Å². The SMILES string of the molecule is O=c1c2ccsc2nc(SC[C@H]2CCOCO2)n1-c1ccccc1. The highest BCUT2D eigenvalue weighted by Crippen LogP contribution is 2.25. The van der Waals surface area contributed by atoms with Gasteiger partial charge >= 0.3 is 0 Å². The van der Waals surface area contributed by atoms with Gasteiger partial charge in [-0.25, -0.2) is 4.98 Å². The Kier molecular flexibility index (Phi) is 4.66. The third-order valence-corrected chi connectivity index (χ3v) is 5.73. The molecule has 2 aromatic heterocycles. The molecule has 0 spiro atoms. The number of thiophene rings is 1. The van der Waals surface area contributed by atoms with Crippen LogP contribution in [0.25, 0.3) is 15.9 Å². The summed E-state index contributed by atoms with van der Waals surface area (Å²) >= 11 is 3.05. The molecular weight excluding hydrogens is 344 g/mol. The lowest BCUT2D eigenvalue weighted by atomic mass is 10.3. The highest BCUT2D eigenvalue weighted by molar-refractivity contribution is 7.99. The minimum atomic E-state index is -0.0251. The molecule has 3 heterocycles. The molecule has 0 unspecified atom stereocenters. The van der Waals surface area contributed by atoms with E-state index in [1.54, 1.807) is 16.3 Å². The minimum Gasteiger partial charge on any atom is -0.355 e. The molecule has 5 nitrogen and oxygen atoms in total. The Labute approximate surface area is 147 Å². The van der Waals surface area contributed by atoms with Gasteiger partial charge in [-0.3, -0.25) is 9.36 Å². The molecule has 24 heavy (non-hydrogen) atoms. The topological polar surface area (TPSA) is 53.4 Å². The predicted molar refractivity (Wildman–Crippen MR) is 96.3 cm³/mol. The molecule has 124 valence electrons. The van der Waals surface area contributed by atoms with Crippen molar-refractivity contribution in [1.82, 2.24) is 9.55 Å². The number of ether oxygens (including phenoxy) is 2. The summed E-state index contributed by atoms with van der Waals surface area (Å²) in [7, 11) is 0. The van der Waals surface area contributed by atoms with Crippen LogP contribution in [0.4, 0.5) is 0 Å². The van der Waals surface area contributed by atoms with Gasteiger partial charge in [-0.05, 0) is 30.0 Å². The zero-order valence-electron chi connectivity index (χ0n) is 12.9. The zero-order valence-corrected chi connectivity index (χ0v) is 14.5. The standard InChI is InChI=1S/C17H16N2O3S2/c20-16-14-7-9-23-15(14)18-17(19(16)12-4-2-1-3-5-12)24-10-13-6-8-21-11-22-13/h1-5,7,9,13H,6,8,10-11H2/t13-/m1/s1. The van der Waals surface area contributed by atoms with E-state index in [0.717, 1.165) is 22.7 Å². The molecule has 0 amide bonds. The van der Waals surface area contributed by atoms with Crippen LogP contribution in [-0.2, 0) is 9.47 Å². The Balaban J connectivity index is 1.73. The molecule has 1 aromatic carbocycles. The van der Waals surface area contributed by atoms with Crippen LogP contribution in [0.15, 0.2) is 51.7 Å². The minimum absolute atomic E-state index is 0.0251. The quantitative estimate of drug-likeness (QED) is 0.528. The molecule has 0 bridgehead atoms. The van der Waals surface area contributed by atoms with E-state index < -0.39 is 0 Å². The Bertz CT molecular complexity index is 886. The van der Waals surface area contributed by atoms with Gasteiger partial charge in [0.1, 0.15) is 11.6 Å². The summed E-state index contributed by atoms with van der Waals surface area (Å²) in [4.78, 5) is 18.4. The summed E-state index contributed by atoms with van der Waals surface area (Å²) in [5, 5.41) is 3.27. The monoisotopic (exact) mass is 360 g/mol. The van der Waals surface area contributed by atoms with Crippen molar-refractivity contribution >= 4 is 33.3 Å². The van der Waals surface area contributed by atoms with Crippen molar-refractivity contribution in [2.75, 3.05) is 19.2 Å². The van der Waals surface area contributed by atoms with E-state index in [1.165, 1.54) is 11.3 Å². The molecule has 0 N–H and O–H groups in total. The van der Waals surface area contributed by atoms with Crippen molar-refractivity contribution in [1.29, 1.82) is 0 Å². The van der Waals surface area contributed by atoms with Gasteiger partial charge in [0.25, 0.3) is 5.56 Å². The Morgan fingerprint density at radius 3 is 2.96 bits per heavy atom. The summed E-state index contributed by atoms with van der Waals surface area (Å²) in [5.41, 5.74) is 0.807. The summed E-state index contributed by atoms with van der Waals surface area (Å²) in [6.07, 6.45) is 0.994. The molecule has 1 aliphatic rings. The number of para-hydroxylation sites is 1. The third kappa shape index (κ3) is 3.12. The molecule has 1 atom stereocenters. The summed E-state index contributed by atoms with van der Waals surface area (Å²) in [6, 6.07) is 11.5. The number of benzene rings is 1. The fraction of sp³-hybridized carbons (Fsp3) is 0.294. The molecule has 0 aliphatic carbocycles. The van der Waals surface area contributed by atoms with Gasteiger partial charge in [-0.1, -0.05) is 30.0 Å². The molecule has 4 rings (SSSR count). The van der Waals surface area contributed by atoms with E-state index in [2.05, 4.69) is 0 Å². The van der Waals surface area contributed by atoms with E-state index in [0.29, 0.717) is 23.9 Å². The number of fused-ring (bicyclic) bond motifs is 1. The molecular formula is C17H16N2O3S2. The van der Waals surface area contributed by atoms with Gasteiger partial charge in [0, 0.05) is 5.75 Å². The second kappa shape index (κ2) is 7.06. The first-order valence-electron chi connectivity index (χ1n) is 7.71. The Morgan fingerprint density at radius 2 is 2.17 bits per heavy atom. The largest absolute Gasteiger partial charge is 0.355 e. The summed E-state index contributed by atoms with van der Waals surface area (Å²) < 4.78 is 12.5.